The van der Waals surface area contributed by atoms with Gasteiger partial charge >= 0.3 is 0 Å². The van der Waals surface area contributed by atoms with Crippen molar-refractivity contribution < 1.29 is 5.11 Å². The molecule has 1 aromatic rings. The summed E-state index contributed by atoms with van der Waals surface area (Å²) in [6, 6.07) is 5.45. The Morgan fingerprint density at radius 2 is 2.00 bits per heavy atom. The fourth-order valence-corrected chi connectivity index (χ4v) is 2.82. The number of benzene rings is 1. The minimum atomic E-state index is -0.300. The van der Waals surface area contributed by atoms with Gasteiger partial charge in [-0.05, 0) is 36.5 Å². The highest BCUT2D eigenvalue weighted by Crippen LogP contribution is 2.33. The third-order valence-corrected chi connectivity index (χ3v) is 3.78. The molecular formula is C14H21Cl2NO. The molecule has 1 aromatic carbocycles. The zero-order valence-corrected chi connectivity index (χ0v) is 12.4. The monoisotopic (exact) mass is 289 g/mol. The normalized spacial score (nSPS) is 14.8. The number of rotatable bonds is 6. The molecule has 1 rings (SSSR count). The molecule has 1 unspecified atom stereocenters. The Hall–Kier alpha value is -0.280. The molecule has 0 aromatic heterocycles. The van der Waals surface area contributed by atoms with Crippen molar-refractivity contribution in [2.24, 2.45) is 17.1 Å². The van der Waals surface area contributed by atoms with Crippen LogP contribution in [0.1, 0.15) is 25.8 Å². The maximum atomic E-state index is 9.68. The van der Waals surface area contributed by atoms with E-state index in [1.54, 1.807) is 6.07 Å². The molecule has 0 fully saturated rings. The molecular weight excluding hydrogens is 269 g/mol. The van der Waals surface area contributed by atoms with Crippen molar-refractivity contribution in [3.05, 3.63) is 33.8 Å². The predicted octanol–water partition coefficient (Wildman–Crippen LogP) is 3.52. The molecule has 0 heterocycles. The number of aliphatic hydroxyl groups excluding tert-OH is 1. The van der Waals surface area contributed by atoms with E-state index < -0.39 is 0 Å². The van der Waals surface area contributed by atoms with Crippen molar-refractivity contribution in [1.29, 1.82) is 0 Å². The number of halogens is 2. The summed E-state index contributed by atoms with van der Waals surface area (Å²) < 4.78 is 0. The molecule has 0 spiro atoms. The zero-order valence-electron chi connectivity index (χ0n) is 10.9. The van der Waals surface area contributed by atoms with Gasteiger partial charge in [-0.1, -0.05) is 43.1 Å². The average Bonchev–Trinajstić information content (AvgIpc) is 2.31. The number of aliphatic hydroxyl groups is 1. The molecule has 3 N–H and O–H groups in total. The quantitative estimate of drug-likeness (QED) is 0.842. The molecule has 0 aliphatic rings. The first-order chi connectivity index (χ1) is 8.42. The second kappa shape index (κ2) is 6.76. The van der Waals surface area contributed by atoms with Gasteiger partial charge in [-0.25, -0.2) is 0 Å². The lowest BCUT2D eigenvalue weighted by atomic mass is 9.76. The van der Waals surface area contributed by atoms with Crippen molar-refractivity contribution >= 4 is 23.2 Å². The molecule has 0 saturated heterocycles. The molecule has 0 saturated carbocycles. The van der Waals surface area contributed by atoms with Crippen LogP contribution in [-0.2, 0) is 6.42 Å². The molecule has 1 atom stereocenters. The van der Waals surface area contributed by atoms with Gasteiger partial charge in [-0.15, -0.1) is 0 Å². The van der Waals surface area contributed by atoms with Crippen LogP contribution in [0.25, 0.3) is 0 Å². The smallest absolute Gasteiger partial charge is 0.0502 e. The van der Waals surface area contributed by atoms with Crippen LogP contribution in [0.2, 0.25) is 10.0 Å². The Labute approximate surface area is 119 Å². The first-order valence-corrected chi connectivity index (χ1v) is 6.93. The van der Waals surface area contributed by atoms with Gasteiger partial charge in [-0.2, -0.15) is 0 Å². The lowest BCUT2D eigenvalue weighted by Crippen LogP contribution is -2.37. The Balaban J connectivity index is 2.95. The molecule has 0 bridgehead atoms. The summed E-state index contributed by atoms with van der Waals surface area (Å²) in [5.74, 6) is 0.478. The van der Waals surface area contributed by atoms with Crippen molar-refractivity contribution in [3.8, 4) is 0 Å². The first kappa shape index (κ1) is 15.8. The van der Waals surface area contributed by atoms with Gasteiger partial charge in [0.15, 0.2) is 0 Å². The van der Waals surface area contributed by atoms with Gasteiger partial charge < -0.3 is 10.8 Å². The highest BCUT2D eigenvalue weighted by molar-refractivity contribution is 6.35. The van der Waals surface area contributed by atoms with E-state index in [4.69, 9.17) is 28.9 Å². The van der Waals surface area contributed by atoms with Gasteiger partial charge in [0.1, 0.15) is 0 Å². The van der Waals surface area contributed by atoms with E-state index >= 15 is 0 Å². The van der Waals surface area contributed by atoms with Crippen molar-refractivity contribution in [2.75, 3.05) is 13.2 Å². The Bertz CT molecular complexity index is 389. The molecule has 0 aliphatic heterocycles. The minimum absolute atomic E-state index is 0.0701. The van der Waals surface area contributed by atoms with E-state index in [2.05, 4.69) is 13.8 Å². The predicted molar refractivity (Wildman–Crippen MR) is 78.2 cm³/mol. The van der Waals surface area contributed by atoms with Crippen LogP contribution in [0.15, 0.2) is 18.2 Å². The zero-order chi connectivity index (χ0) is 13.8. The third kappa shape index (κ3) is 4.13. The Kier molecular flexibility index (Phi) is 5.93. The highest BCUT2D eigenvalue weighted by Gasteiger charge is 2.30. The standard InChI is InChI=1S/C14H21Cl2NO/c1-10(2)6-14(8-17,9-18)7-11-3-4-12(15)5-13(11)16/h3-5,10,18H,6-9,17H2,1-2H3. The molecule has 0 radical (unpaired) electrons. The van der Waals surface area contributed by atoms with Crippen LogP contribution in [0.4, 0.5) is 0 Å². The summed E-state index contributed by atoms with van der Waals surface area (Å²) in [7, 11) is 0. The molecule has 18 heavy (non-hydrogen) atoms. The van der Waals surface area contributed by atoms with E-state index in [1.165, 1.54) is 0 Å². The van der Waals surface area contributed by atoms with E-state index in [9.17, 15) is 5.11 Å². The first-order valence-electron chi connectivity index (χ1n) is 6.17. The van der Waals surface area contributed by atoms with Crippen LogP contribution in [0.5, 0.6) is 0 Å². The third-order valence-electron chi connectivity index (χ3n) is 3.19. The van der Waals surface area contributed by atoms with Crippen LogP contribution >= 0.6 is 23.2 Å². The van der Waals surface area contributed by atoms with Crippen LogP contribution in [0.3, 0.4) is 0 Å². The summed E-state index contributed by atoms with van der Waals surface area (Å²) in [5, 5.41) is 10.9. The lowest BCUT2D eigenvalue weighted by molar-refractivity contribution is 0.108. The van der Waals surface area contributed by atoms with Crippen LogP contribution in [0, 0.1) is 11.3 Å². The highest BCUT2D eigenvalue weighted by atomic mass is 35.5. The fourth-order valence-electron chi connectivity index (χ4n) is 2.35. The van der Waals surface area contributed by atoms with Gasteiger partial charge in [0.25, 0.3) is 0 Å². The minimum Gasteiger partial charge on any atom is -0.396 e. The van der Waals surface area contributed by atoms with Crippen LogP contribution in [-0.4, -0.2) is 18.3 Å². The lowest BCUT2D eigenvalue weighted by Gasteiger charge is -2.32. The fraction of sp³-hybridized carbons (Fsp3) is 0.571. The SMILES string of the molecule is CC(C)CC(CN)(CO)Cc1ccc(Cl)cc1Cl. The molecule has 0 aliphatic carbocycles. The summed E-state index contributed by atoms with van der Waals surface area (Å²) in [6.07, 6.45) is 1.55. The maximum Gasteiger partial charge on any atom is 0.0502 e. The summed E-state index contributed by atoms with van der Waals surface area (Å²) in [5.41, 5.74) is 6.55. The van der Waals surface area contributed by atoms with Crippen molar-refractivity contribution in [2.45, 2.75) is 26.7 Å². The van der Waals surface area contributed by atoms with Gasteiger partial charge in [0, 0.05) is 22.0 Å². The second-order valence-corrected chi connectivity index (χ2v) is 6.22. The van der Waals surface area contributed by atoms with Crippen molar-refractivity contribution in [3.63, 3.8) is 0 Å². The summed E-state index contributed by atoms with van der Waals surface area (Å²) in [6.45, 7) is 4.77. The van der Waals surface area contributed by atoms with E-state index in [0.29, 0.717) is 28.9 Å². The van der Waals surface area contributed by atoms with Gasteiger partial charge in [0.2, 0.25) is 0 Å². The Morgan fingerprint density at radius 1 is 1.33 bits per heavy atom. The van der Waals surface area contributed by atoms with E-state index in [1.807, 2.05) is 12.1 Å². The number of nitrogens with two attached hydrogens (primary N) is 1. The molecule has 102 valence electrons. The number of hydrogen-bond donors (Lipinski definition) is 2. The largest absolute Gasteiger partial charge is 0.396 e. The average molecular weight is 290 g/mol. The van der Waals surface area contributed by atoms with E-state index in [-0.39, 0.29) is 12.0 Å². The van der Waals surface area contributed by atoms with E-state index in [0.717, 1.165) is 12.0 Å². The maximum absolute atomic E-state index is 9.68. The Morgan fingerprint density at radius 3 is 2.44 bits per heavy atom. The topological polar surface area (TPSA) is 46.2 Å². The summed E-state index contributed by atoms with van der Waals surface area (Å²) >= 11 is 12.1. The molecule has 4 heteroatoms. The van der Waals surface area contributed by atoms with Gasteiger partial charge in [-0.3, -0.25) is 0 Å². The molecule has 0 amide bonds. The van der Waals surface area contributed by atoms with Crippen molar-refractivity contribution in [1.82, 2.24) is 0 Å². The second-order valence-electron chi connectivity index (χ2n) is 5.37. The molecule has 2 nitrogen and oxygen atoms in total. The number of hydrogen-bond acceptors (Lipinski definition) is 2. The van der Waals surface area contributed by atoms with Gasteiger partial charge in [0.05, 0.1) is 6.61 Å². The van der Waals surface area contributed by atoms with Crippen LogP contribution < -0.4 is 5.73 Å². The summed E-state index contributed by atoms with van der Waals surface area (Å²) in [4.78, 5) is 0.